The largest absolute Gasteiger partial charge is 0.322 e. The minimum Gasteiger partial charge on any atom is -0.322 e. The van der Waals surface area contributed by atoms with E-state index in [-0.39, 0.29) is 5.91 Å². The molecule has 0 saturated carbocycles. The highest BCUT2D eigenvalue weighted by atomic mass is 32.2. The van der Waals surface area contributed by atoms with Gasteiger partial charge >= 0.3 is 0 Å². The Morgan fingerprint density at radius 1 is 0.970 bits per heavy atom. The van der Waals surface area contributed by atoms with Crippen LogP contribution in [0, 0.1) is 0 Å². The molecule has 7 nitrogen and oxygen atoms in total. The molecule has 4 aromatic rings. The summed E-state index contributed by atoms with van der Waals surface area (Å²) in [5, 5.41) is 15.1. The van der Waals surface area contributed by atoms with Gasteiger partial charge in [0.1, 0.15) is 0 Å². The second-order valence-electron chi connectivity index (χ2n) is 7.83. The predicted molar refractivity (Wildman–Crippen MR) is 132 cm³/mol. The topological polar surface area (TPSA) is 75.9 Å². The molecule has 1 amide bonds. The van der Waals surface area contributed by atoms with Crippen LogP contribution in [-0.2, 0) is 12.2 Å². The van der Waals surface area contributed by atoms with Crippen LogP contribution >= 0.6 is 11.8 Å². The fraction of sp³-hybridized carbons (Fsp3) is 0.200. The van der Waals surface area contributed by atoms with E-state index in [0.29, 0.717) is 11.3 Å². The molecule has 0 aliphatic rings. The van der Waals surface area contributed by atoms with Gasteiger partial charge in [-0.25, -0.2) is 0 Å². The number of benzene rings is 3. The summed E-state index contributed by atoms with van der Waals surface area (Å²) in [6, 6.07) is 25.4. The average Bonchev–Trinajstić information content (AvgIpc) is 3.31. The van der Waals surface area contributed by atoms with E-state index in [1.165, 1.54) is 17.3 Å². The van der Waals surface area contributed by atoms with E-state index >= 15 is 0 Å². The van der Waals surface area contributed by atoms with Crippen LogP contribution in [0.25, 0.3) is 5.69 Å². The SMILES string of the molecule is CN(C)CCc1ccc(NC(=O)c2ccccc2SCc2nnnn2-c2ccccc2)cc1. The number of carbonyl (C=O) groups excluding carboxylic acids is 1. The number of para-hydroxylation sites is 1. The minimum absolute atomic E-state index is 0.137. The second kappa shape index (κ2) is 10.9. The lowest BCUT2D eigenvalue weighted by atomic mass is 10.1. The highest BCUT2D eigenvalue weighted by Gasteiger charge is 2.14. The highest BCUT2D eigenvalue weighted by Crippen LogP contribution is 2.27. The van der Waals surface area contributed by atoms with E-state index in [1.54, 1.807) is 4.68 Å². The van der Waals surface area contributed by atoms with Gasteiger partial charge in [0.2, 0.25) is 0 Å². The van der Waals surface area contributed by atoms with E-state index in [2.05, 4.69) is 52.0 Å². The van der Waals surface area contributed by atoms with Gasteiger partial charge in [0.15, 0.2) is 5.82 Å². The summed E-state index contributed by atoms with van der Waals surface area (Å²) in [6.07, 6.45) is 0.975. The number of thioether (sulfide) groups is 1. The Bertz CT molecular complexity index is 1190. The molecule has 3 aromatic carbocycles. The van der Waals surface area contributed by atoms with Crippen molar-refractivity contribution in [1.29, 1.82) is 0 Å². The molecule has 0 fully saturated rings. The molecule has 0 bridgehead atoms. The van der Waals surface area contributed by atoms with Crippen LogP contribution in [0.3, 0.4) is 0 Å². The number of nitrogens with one attached hydrogen (secondary N) is 1. The van der Waals surface area contributed by atoms with Crippen molar-refractivity contribution >= 4 is 23.4 Å². The first-order valence-electron chi connectivity index (χ1n) is 10.7. The van der Waals surface area contributed by atoms with E-state index in [9.17, 15) is 4.79 Å². The normalized spacial score (nSPS) is 11.0. The molecular weight excluding hydrogens is 432 g/mol. The summed E-state index contributed by atoms with van der Waals surface area (Å²) in [5.74, 6) is 1.11. The maximum absolute atomic E-state index is 13.0. The van der Waals surface area contributed by atoms with Crippen molar-refractivity contribution in [3.63, 3.8) is 0 Å². The van der Waals surface area contributed by atoms with Crippen molar-refractivity contribution in [2.45, 2.75) is 17.1 Å². The van der Waals surface area contributed by atoms with Crippen LogP contribution in [-0.4, -0.2) is 51.7 Å². The summed E-state index contributed by atoms with van der Waals surface area (Å²) in [7, 11) is 4.12. The Labute approximate surface area is 197 Å². The number of aromatic nitrogens is 4. The Morgan fingerprint density at radius 2 is 1.70 bits per heavy atom. The standard InChI is InChI=1S/C25H26N6OS/c1-30(2)17-16-19-12-14-20(15-13-19)26-25(32)22-10-6-7-11-23(22)33-18-24-27-28-29-31(24)21-8-4-3-5-9-21/h3-15H,16-18H2,1-2H3,(H,26,32). The molecule has 1 N–H and O–H groups in total. The van der Waals surface area contributed by atoms with Crippen molar-refractivity contribution < 1.29 is 4.79 Å². The van der Waals surface area contributed by atoms with E-state index in [4.69, 9.17) is 0 Å². The number of hydrogen-bond donors (Lipinski definition) is 1. The molecule has 1 heterocycles. The molecule has 0 aliphatic heterocycles. The van der Waals surface area contributed by atoms with Crippen molar-refractivity contribution in [2.24, 2.45) is 0 Å². The molecule has 33 heavy (non-hydrogen) atoms. The summed E-state index contributed by atoms with van der Waals surface area (Å²) in [5.41, 5.74) is 3.55. The fourth-order valence-corrected chi connectivity index (χ4v) is 4.25. The zero-order chi connectivity index (χ0) is 23.0. The van der Waals surface area contributed by atoms with Crippen LogP contribution in [0.5, 0.6) is 0 Å². The predicted octanol–water partition coefficient (Wildman–Crippen LogP) is 4.31. The van der Waals surface area contributed by atoms with Crippen molar-refractivity contribution in [3.05, 3.63) is 95.8 Å². The molecular formula is C25H26N6OS. The first-order chi connectivity index (χ1) is 16.1. The molecule has 0 aliphatic carbocycles. The average molecular weight is 459 g/mol. The van der Waals surface area contributed by atoms with E-state index in [1.807, 2.05) is 66.7 Å². The molecule has 168 valence electrons. The second-order valence-corrected chi connectivity index (χ2v) is 8.85. The van der Waals surface area contributed by atoms with E-state index < -0.39 is 0 Å². The zero-order valence-corrected chi connectivity index (χ0v) is 19.5. The summed E-state index contributed by atoms with van der Waals surface area (Å²) in [6.45, 7) is 0.990. The molecule has 0 saturated heterocycles. The van der Waals surface area contributed by atoms with Crippen LogP contribution in [0.1, 0.15) is 21.7 Å². The Hall–Kier alpha value is -3.49. The number of carbonyl (C=O) groups is 1. The number of tetrazole rings is 1. The fourth-order valence-electron chi connectivity index (χ4n) is 3.29. The van der Waals surface area contributed by atoms with Crippen molar-refractivity contribution in [1.82, 2.24) is 25.1 Å². The molecule has 8 heteroatoms. The maximum Gasteiger partial charge on any atom is 0.256 e. The summed E-state index contributed by atoms with van der Waals surface area (Å²) >= 11 is 1.54. The van der Waals surface area contributed by atoms with Gasteiger partial charge in [-0.05, 0) is 72.9 Å². The number of amides is 1. The highest BCUT2D eigenvalue weighted by molar-refractivity contribution is 7.98. The third-order valence-electron chi connectivity index (χ3n) is 5.08. The van der Waals surface area contributed by atoms with Gasteiger partial charge < -0.3 is 10.2 Å². The Balaban J connectivity index is 1.43. The molecule has 4 rings (SSSR count). The summed E-state index contributed by atoms with van der Waals surface area (Å²) < 4.78 is 1.72. The quantitative estimate of drug-likeness (QED) is 0.377. The maximum atomic E-state index is 13.0. The lowest BCUT2D eigenvalue weighted by Crippen LogP contribution is -2.15. The smallest absolute Gasteiger partial charge is 0.256 e. The zero-order valence-electron chi connectivity index (χ0n) is 18.7. The Kier molecular flexibility index (Phi) is 7.49. The number of hydrogen-bond acceptors (Lipinski definition) is 6. The number of anilines is 1. The Morgan fingerprint density at radius 3 is 2.45 bits per heavy atom. The third kappa shape index (κ3) is 6.06. The third-order valence-corrected chi connectivity index (χ3v) is 6.15. The van der Waals surface area contributed by atoms with Crippen LogP contribution < -0.4 is 5.32 Å². The first-order valence-corrected chi connectivity index (χ1v) is 11.7. The van der Waals surface area contributed by atoms with Gasteiger partial charge in [-0.15, -0.1) is 16.9 Å². The monoisotopic (exact) mass is 458 g/mol. The van der Waals surface area contributed by atoms with Crippen LogP contribution in [0.2, 0.25) is 0 Å². The number of nitrogens with zero attached hydrogens (tertiary/aromatic N) is 5. The molecule has 0 radical (unpaired) electrons. The molecule has 0 unspecified atom stereocenters. The van der Waals surface area contributed by atoms with Gasteiger partial charge in [-0.1, -0.05) is 42.5 Å². The first kappa shape index (κ1) is 22.7. The minimum atomic E-state index is -0.137. The lowest BCUT2D eigenvalue weighted by molar-refractivity contribution is 0.102. The molecule has 0 atom stereocenters. The van der Waals surface area contributed by atoms with Gasteiger partial charge in [0, 0.05) is 17.1 Å². The van der Waals surface area contributed by atoms with E-state index in [0.717, 1.165) is 35.1 Å². The van der Waals surface area contributed by atoms with Crippen LogP contribution in [0.15, 0.2) is 83.8 Å². The number of likely N-dealkylation sites (N-methyl/N-ethyl adjacent to an activating group) is 1. The summed E-state index contributed by atoms with van der Waals surface area (Å²) in [4.78, 5) is 16.0. The molecule has 1 aromatic heterocycles. The van der Waals surface area contributed by atoms with Crippen molar-refractivity contribution in [2.75, 3.05) is 26.0 Å². The van der Waals surface area contributed by atoms with Gasteiger partial charge in [0.05, 0.1) is 17.0 Å². The van der Waals surface area contributed by atoms with Crippen LogP contribution in [0.4, 0.5) is 5.69 Å². The van der Waals surface area contributed by atoms with Gasteiger partial charge in [-0.2, -0.15) is 4.68 Å². The number of rotatable bonds is 9. The van der Waals surface area contributed by atoms with Crippen molar-refractivity contribution in [3.8, 4) is 5.69 Å². The van der Waals surface area contributed by atoms with Gasteiger partial charge in [0.25, 0.3) is 5.91 Å². The lowest BCUT2D eigenvalue weighted by Gasteiger charge is -2.11. The molecule has 0 spiro atoms. The van der Waals surface area contributed by atoms with Gasteiger partial charge in [-0.3, -0.25) is 4.79 Å².